The highest BCUT2D eigenvalue weighted by Gasteiger charge is 2.62. The largest absolute Gasteiger partial charge is 0.378 e. The summed E-state index contributed by atoms with van der Waals surface area (Å²) in [6, 6.07) is 7.37. The number of nitrogens with one attached hydrogen (secondary N) is 1. The van der Waals surface area contributed by atoms with E-state index in [9.17, 15) is 9.59 Å². The van der Waals surface area contributed by atoms with E-state index in [1.54, 1.807) is 24.3 Å². The van der Waals surface area contributed by atoms with Crippen molar-refractivity contribution in [2.45, 2.75) is 71.1 Å². The van der Waals surface area contributed by atoms with Crippen molar-refractivity contribution in [3.8, 4) is 0 Å². The summed E-state index contributed by atoms with van der Waals surface area (Å²) in [5, 5.41) is 2.91. The topological polar surface area (TPSA) is 84.7 Å². The smallest absolute Gasteiger partial charge is 0.254 e. The molecule has 1 aliphatic carbocycles. The van der Waals surface area contributed by atoms with Gasteiger partial charge in [-0.2, -0.15) is 0 Å². The van der Waals surface area contributed by atoms with Crippen molar-refractivity contribution in [2.24, 2.45) is 11.1 Å². The van der Waals surface area contributed by atoms with E-state index in [-0.39, 0.29) is 36.4 Å². The van der Waals surface area contributed by atoms with Gasteiger partial charge < -0.3 is 20.7 Å². The molecule has 1 aliphatic heterocycles. The molecule has 3 rings (SSSR count). The number of carbonyl (C=O) groups excluding carboxylic acids is 2. The maximum atomic E-state index is 12.8. The van der Waals surface area contributed by atoms with Crippen LogP contribution in [0.25, 0.3) is 0 Å². The fourth-order valence-electron chi connectivity index (χ4n) is 4.32. The number of nitrogens with two attached hydrogens (primary N) is 1. The molecule has 1 aromatic carbocycles. The van der Waals surface area contributed by atoms with Crippen LogP contribution in [0.2, 0.25) is 0 Å². The van der Waals surface area contributed by atoms with Gasteiger partial charge in [0.25, 0.3) is 5.91 Å². The zero-order chi connectivity index (χ0) is 20.5. The van der Waals surface area contributed by atoms with Crippen molar-refractivity contribution in [2.75, 3.05) is 18.5 Å². The first-order chi connectivity index (χ1) is 13.2. The maximum absolute atomic E-state index is 12.8. The lowest BCUT2D eigenvalue weighted by molar-refractivity contribution is -0.166. The van der Waals surface area contributed by atoms with Gasteiger partial charge in [-0.1, -0.05) is 13.8 Å². The number of nitrogens with zero attached hydrogens (tertiary/aromatic N) is 1. The monoisotopic (exact) mass is 423 g/mol. The van der Waals surface area contributed by atoms with E-state index in [2.05, 4.69) is 12.2 Å². The highest BCUT2D eigenvalue weighted by molar-refractivity contribution is 6.00. The Morgan fingerprint density at radius 3 is 2.45 bits per heavy atom. The number of likely N-dealkylation sites (tertiary alicyclic amines) is 1. The van der Waals surface area contributed by atoms with Gasteiger partial charge >= 0.3 is 0 Å². The van der Waals surface area contributed by atoms with E-state index in [1.807, 2.05) is 25.7 Å². The molecule has 1 saturated heterocycles. The number of benzene rings is 1. The van der Waals surface area contributed by atoms with Crippen LogP contribution in [0.3, 0.4) is 0 Å². The molecule has 3 atom stereocenters. The third-order valence-electron chi connectivity index (χ3n) is 6.69. The molecule has 162 valence electrons. The van der Waals surface area contributed by atoms with E-state index in [0.717, 1.165) is 19.4 Å². The summed E-state index contributed by atoms with van der Waals surface area (Å²) >= 11 is 0. The molecule has 29 heavy (non-hydrogen) atoms. The molecular weight excluding hydrogens is 390 g/mol. The fourth-order valence-corrected chi connectivity index (χ4v) is 4.32. The number of carbonyl (C=O) groups is 2. The third kappa shape index (κ3) is 4.30. The predicted octanol–water partition coefficient (Wildman–Crippen LogP) is 3.59. The fraction of sp³-hybridized carbons (Fsp3) is 0.636. The van der Waals surface area contributed by atoms with Crippen LogP contribution in [-0.2, 0) is 9.53 Å². The van der Waals surface area contributed by atoms with Gasteiger partial charge in [0.1, 0.15) is 5.54 Å². The van der Waals surface area contributed by atoms with Crippen LogP contribution < -0.4 is 11.1 Å². The summed E-state index contributed by atoms with van der Waals surface area (Å²) in [4.78, 5) is 27.5. The van der Waals surface area contributed by atoms with Gasteiger partial charge in [-0.25, -0.2) is 0 Å². The molecule has 2 amide bonds. The predicted molar refractivity (Wildman–Crippen MR) is 117 cm³/mol. The van der Waals surface area contributed by atoms with Gasteiger partial charge in [-0.05, 0) is 57.4 Å². The van der Waals surface area contributed by atoms with E-state index < -0.39 is 11.0 Å². The van der Waals surface area contributed by atoms with Crippen LogP contribution in [0.15, 0.2) is 24.3 Å². The molecule has 2 aliphatic rings. The minimum Gasteiger partial charge on any atom is -0.378 e. The Labute approximate surface area is 179 Å². The number of amides is 2. The average molecular weight is 424 g/mol. The molecule has 1 aromatic rings. The lowest BCUT2D eigenvalue weighted by atomic mass is 9.54. The molecule has 1 heterocycles. The molecule has 0 aromatic heterocycles. The number of halogens is 1. The van der Waals surface area contributed by atoms with Crippen LogP contribution in [0.5, 0.6) is 0 Å². The van der Waals surface area contributed by atoms with Gasteiger partial charge in [-0.3, -0.25) is 9.59 Å². The van der Waals surface area contributed by atoms with E-state index in [4.69, 9.17) is 10.5 Å². The Kier molecular flexibility index (Phi) is 7.36. The number of anilines is 1. The molecule has 3 N–H and O–H groups in total. The zero-order valence-electron chi connectivity index (χ0n) is 17.9. The molecule has 3 unspecified atom stereocenters. The van der Waals surface area contributed by atoms with Crippen LogP contribution in [0, 0.1) is 5.41 Å². The Balaban J connectivity index is 0.00000300. The molecule has 7 heteroatoms. The number of hydrogen-bond donors (Lipinski definition) is 2. The molecule has 0 spiro atoms. The molecule has 0 bridgehead atoms. The minimum absolute atomic E-state index is 0. The van der Waals surface area contributed by atoms with Crippen molar-refractivity contribution in [1.82, 2.24) is 4.90 Å². The number of rotatable bonds is 5. The quantitative estimate of drug-likeness (QED) is 0.757. The normalized spacial score (nSPS) is 28.1. The third-order valence-corrected chi connectivity index (χ3v) is 6.69. The first kappa shape index (κ1) is 23.6. The SMILES string of the molecule is CCOC1CC(N)(C(=O)Nc2ccc(C(=O)N3CCCCC3C)cc2)C1(C)C.Cl. The van der Waals surface area contributed by atoms with Crippen LogP contribution in [0.4, 0.5) is 5.69 Å². The van der Waals surface area contributed by atoms with E-state index in [0.29, 0.717) is 24.3 Å². The van der Waals surface area contributed by atoms with Crippen molar-refractivity contribution in [3.05, 3.63) is 29.8 Å². The van der Waals surface area contributed by atoms with Crippen molar-refractivity contribution in [1.29, 1.82) is 0 Å². The Morgan fingerprint density at radius 2 is 1.90 bits per heavy atom. The summed E-state index contributed by atoms with van der Waals surface area (Å²) in [5.74, 6) is -0.155. The molecule has 0 radical (unpaired) electrons. The highest BCUT2D eigenvalue weighted by atomic mass is 35.5. The van der Waals surface area contributed by atoms with Crippen molar-refractivity contribution in [3.63, 3.8) is 0 Å². The maximum Gasteiger partial charge on any atom is 0.254 e. The van der Waals surface area contributed by atoms with Gasteiger partial charge in [0, 0.05) is 42.3 Å². The first-order valence-corrected chi connectivity index (χ1v) is 10.3. The van der Waals surface area contributed by atoms with Crippen molar-refractivity contribution >= 4 is 29.9 Å². The Hall–Kier alpha value is -1.63. The van der Waals surface area contributed by atoms with Gasteiger partial charge in [0.15, 0.2) is 0 Å². The van der Waals surface area contributed by atoms with Crippen LogP contribution in [0.1, 0.15) is 63.7 Å². The second-order valence-electron chi connectivity index (χ2n) is 8.72. The Morgan fingerprint density at radius 1 is 1.24 bits per heavy atom. The van der Waals surface area contributed by atoms with Crippen LogP contribution >= 0.6 is 12.4 Å². The Bertz CT molecular complexity index is 737. The number of piperidine rings is 1. The summed E-state index contributed by atoms with van der Waals surface area (Å²) in [6.07, 6.45) is 3.78. The standard InChI is InChI=1S/C22H33N3O3.ClH/c1-5-28-18-14-22(23,21(18,3)4)20(27)24-17-11-9-16(10-12-17)19(26)25-13-7-6-8-15(25)2;/h9-12,15,18H,5-8,13-14,23H2,1-4H3,(H,24,27);1H. The molecule has 1 saturated carbocycles. The minimum atomic E-state index is -0.968. The second kappa shape index (κ2) is 9.02. The highest BCUT2D eigenvalue weighted by Crippen LogP contribution is 2.50. The number of ether oxygens (including phenoxy) is 1. The van der Waals surface area contributed by atoms with Crippen molar-refractivity contribution < 1.29 is 14.3 Å². The average Bonchev–Trinajstić information content (AvgIpc) is 2.68. The molecular formula is C22H34ClN3O3. The van der Waals surface area contributed by atoms with Gasteiger partial charge in [0.2, 0.25) is 5.91 Å². The second-order valence-corrected chi connectivity index (χ2v) is 8.72. The lowest BCUT2D eigenvalue weighted by Crippen LogP contribution is -2.74. The number of hydrogen-bond acceptors (Lipinski definition) is 4. The zero-order valence-corrected chi connectivity index (χ0v) is 18.7. The lowest BCUT2D eigenvalue weighted by Gasteiger charge is -2.57. The summed E-state index contributed by atoms with van der Waals surface area (Å²) in [5.41, 5.74) is 6.32. The first-order valence-electron chi connectivity index (χ1n) is 10.3. The van der Waals surface area contributed by atoms with Gasteiger partial charge in [0.05, 0.1) is 6.10 Å². The van der Waals surface area contributed by atoms with E-state index in [1.165, 1.54) is 6.42 Å². The van der Waals surface area contributed by atoms with Crippen LogP contribution in [-0.4, -0.2) is 47.6 Å². The molecule has 2 fully saturated rings. The summed E-state index contributed by atoms with van der Waals surface area (Å²) < 4.78 is 5.70. The summed E-state index contributed by atoms with van der Waals surface area (Å²) in [6.45, 7) is 9.40. The molecule has 6 nitrogen and oxygen atoms in total. The van der Waals surface area contributed by atoms with E-state index >= 15 is 0 Å². The summed E-state index contributed by atoms with van der Waals surface area (Å²) in [7, 11) is 0. The van der Waals surface area contributed by atoms with Gasteiger partial charge in [-0.15, -0.1) is 12.4 Å².